The Morgan fingerprint density at radius 2 is 2.17 bits per heavy atom. The molecule has 0 spiro atoms. The van der Waals surface area contributed by atoms with Crippen LogP contribution in [-0.4, -0.2) is 33.3 Å². The van der Waals surface area contributed by atoms with E-state index in [0.29, 0.717) is 6.04 Å². The van der Waals surface area contributed by atoms with E-state index in [4.69, 9.17) is 4.99 Å². The third-order valence-corrected chi connectivity index (χ3v) is 6.06. The second-order valence-electron chi connectivity index (χ2n) is 6.89. The summed E-state index contributed by atoms with van der Waals surface area (Å²) in [4.78, 5) is 9.36. The highest BCUT2D eigenvalue weighted by Gasteiger charge is 2.38. The van der Waals surface area contributed by atoms with Gasteiger partial charge in [0.2, 0.25) is 0 Å². The highest BCUT2D eigenvalue weighted by Crippen LogP contribution is 2.39. The van der Waals surface area contributed by atoms with Gasteiger partial charge in [0.05, 0.1) is 21.4 Å². The predicted molar refractivity (Wildman–Crippen MR) is 98.7 cm³/mol. The van der Waals surface area contributed by atoms with Crippen LogP contribution in [0.25, 0.3) is 10.2 Å². The number of benzene rings is 1. The van der Waals surface area contributed by atoms with Crippen molar-refractivity contribution in [2.45, 2.75) is 32.7 Å². The summed E-state index contributed by atoms with van der Waals surface area (Å²) in [5, 5.41) is 4.76. The van der Waals surface area contributed by atoms with Gasteiger partial charge in [0.15, 0.2) is 0 Å². The van der Waals surface area contributed by atoms with E-state index in [9.17, 15) is 0 Å². The van der Waals surface area contributed by atoms with Crippen LogP contribution >= 0.6 is 11.3 Å². The van der Waals surface area contributed by atoms with E-state index >= 15 is 0 Å². The molecule has 122 valence electrons. The molecular formula is C19H20N4S. The van der Waals surface area contributed by atoms with E-state index in [1.54, 1.807) is 11.3 Å². The number of aromatic nitrogens is 1. The van der Waals surface area contributed by atoms with Crippen molar-refractivity contribution in [3.05, 3.63) is 52.9 Å². The first kappa shape index (κ1) is 14.4. The van der Waals surface area contributed by atoms with Gasteiger partial charge in [-0.25, -0.2) is 15.0 Å². The molecule has 1 aromatic heterocycles. The van der Waals surface area contributed by atoms with Gasteiger partial charge in [0.1, 0.15) is 5.82 Å². The lowest BCUT2D eigenvalue weighted by Crippen LogP contribution is -2.44. The molecule has 3 aliphatic rings. The predicted octanol–water partition coefficient (Wildman–Crippen LogP) is 4.18. The van der Waals surface area contributed by atoms with Crippen LogP contribution in [0.5, 0.6) is 0 Å². The normalized spacial score (nSPS) is 22.2. The summed E-state index contributed by atoms with van der Waals surface area (Å²) in [5.41, 5.74) is 6.37. The van der Waals surface area contributed by atoms with Crippen LogP contribution in [0.15, 0.2) is 52.4 Å². The maximum atomic E-state index is 4.93. The van der Waals surface area contributed by atoms with Crippen molar-refractivity contribution in [2.75, 3.05) is 6.54 Å². The molecule has 0 unspecified atom stereocenters. The monoisotopic (exact) mass is 336 g/mol. The third-order valence-electron chi connectivity index (χ3n) is 5.25. The second kappa shape index (κ2) is 5.26. The van der Waals surface area contributed by atoms with Crippen LogP contribution in [0, 0.1) is 5.92 Å². The van der Waals surface area contributed by atoms with Crippen LogP contribution < -0.4 is 0 Å². The molecule has 0 N–H and O–H groups in total. The first-order valence-electron chi connectivity index (χ1n) is 8.58. The molecule has 3 heterocycles. The molecule has 2 aliphatic heterocycles. The molecule has 0 bridgehead atoms. The fourth-order valence-electron chi connectivity index (χ4n) is 3.70. The summed E-state index contributed by atoms with van der Waals surface area (Å²) in [5.74, 6) is 1.92. The van der Waals surface area contributed by atoms with Crippen molar-refractivity contribution < 1.29 is 0 Å². The lowest BCUT2D eigenvalue weighted by Gasteiger charge is -2.37. The molecule has 1 fully saturated rings. The fourth-order valence-corrected chi connectivity index (χ4v) is 4.36. The Morgan fingerprint density at radius 1 is 1.29 bits per heavy atom. The first-order chi connectivity index (χ1) is 11.7. The minimum absolute atomic E-state index is 0.588. The van der Waals surface area contributed by atoms with Crippen LogP contribution in [0.1, 0.15) is 32.3 Å². The van der Waals surface area contributed by atoms with E-state index in [0.717, 1.165) is 35.1 Å². The van der Waals surface area contributed by atoms with E-state index in [2.05, 4.69) is 59.2 Å². The zero-order valence-corrected chi connectivity index (χ0v) is 14.8. The molecule has 1 atom stereocenters. The van der Waals surface area contributed by atoms with E-state index in [-0.39, 0.29) is 0 Å². The van der Waals surface area contributed by atoms with Gasteiger partial charge >= 0.3 is 0 Å². The molecule has 4 nitrogen and oxygen atoms in total. The Labute approximate surface area is 145 Å². The highest BCUT2D eigenvalue weighted by molar-refractivity contribution is 7.16. The smallest absolute Gasteiger partial charge is 0.145 e. The van der Waals surface area contributed by atoms with Gasteiger partial charge in [-0.05, 0) is 56.9 Å². The van der Waals surface area contributed by atoms with Crippen molar-refractivity contribution in [1.82, 2.24) is 15.0 Å². The molecule has 1 aliphatic carbocycles. The van der Waals surface area contributed by atoms with Gasteiger partial charge < -0.3 is 0 Å². The number of nitrogens with zero attached hydrogens (tertiary/aromatic N) is 4. The number of fused-ring (bicyclic) bond motifs is 2. The lowest BCUT2D eigenvalue weighted by atomic mass is 10.1. The molecule has 1 saturated carbocycles. The molecule has 24 heavy (non-hydrogen) atoms. The summed E-state index contributed by atoms with van der Waals surface area (Å²) >= 11 is 1.68. The van der Waals surface area contributed by atoms with E-state index < -0.39 is 0 Å². The summed E-state index contributed by atoms with van der Waals surface area (Å²) in [7, 11) is 0. The fraction of sp³-hybridized carbons (Fsp3) is 0.368. The molecule has 2 aromatic rings. The maximum Gasteiger partial charge on any atom is 0.145 e. The summed E-state index contributed by atoms with van der Waals surface area (Å²) in [6.07, 6.45) is 7.18. The largest absolute Gasteiger partial charge is 0.261 e. The minimum Gasteiger partial charge on any atom is -0.261 e. The van der Waals surface area contributed by atoms with Gasteiger partial charge in [-0.3, -0.25) is 5.01 Å². The zero-order chi connectivity index (χ0) is 16.3. The van der Waals surface area contributed by atoms with Gasteiger partial charge in [-0.2, -0.15) is 0 Å². The molecule has 5 heteroatoms. The van der Waals surface area contributed by atoms with Gasteiger partial charge in [-0.15, -0.1) is 11.3 Å². The second-order valence-corrected chi connectivity index (χ2v) is 7.78. The minimum atomic E-state index is 0.588. The van der Waals surface area contributed by atoms with Crippen molar-refractivity contribution in [2.24, 2.45) is 10.9 Å². The van der Waals surface area contributed by atoms with Crippen molar-refractivity contribution >= 4 is 27.3 Å². The molecule has 1 aromatic carbocycles. The maximum absolute atomic E-state index is 4.93. The Bertz CT molecular complexity index is 903. The number of hydrazine groups is 1. The van der Waals surface area contributed by atoms with E-state index in [1.807, 2.05) is 5.51 Å². The summed E-state index contributed by atoms with van der Waals surface area (Å²) in [6, 6.07) is 7.03. The average molecular weight is 336 g/mol. The Morgan fingerprint density at radius 3 is 3.00 bits per heavy atom. The quantitative estimate of drug-likeness (QED) is 0.843. The highest BCUT2D eigenvalue weighted by atomic mass is 32.1. The van der Waals surface area contributed by atoms with Crippen molar-refractivity contribution in [3.63, 3.8) is 0 Å². The Balaban J connectivity index is 1.48. The van der Waals surface area contributed by atoms with Crippen molar-refractivity contribution in [1.29, 1.82) is 0 Å². The van der Waals surface area contributed by atoms with Crippen molar-refractivity contribution in [3.8, 4) is 0 Å². The number of rotatable bonds is 3. The Hall–Kier alpha value is -1.98. The number of hydrogen-bond donors (Lipinski definition) is 0. The van der Waals surface area contributed by atoms with Crippen LogP contribution in [0.3, 0.4) is 0 Å². The standard InChI is InChI=1S/C19H20N4S/c1-12-9-16(15-5-6-18-17(10-15)20-11-24-18)21-19-7-8-22(23(12)19)13(2)14-3-4-14/h5-7,9-11,13-14H,3-4,8H2,1-2H3/t13-/m1/s1. The SMILES string of the molecule is CC1=CC(c2ccc3scnc3c2)=NC2=CCN([C@H](C)C3CC3)N12. The zero-order valence-electron chi connectivity index (χ0n) is 13.9. The lowest BCUT2D eigenvalue weighted by molar-refractivity contribution is 0.0236. The molecule has 5 rings (SSSR count). The van der Waals surface area contributed by atoms with E-state index in [1.165, 1.54) is 23.2 Å². The molecule has 0 amide bonds. The Kier molecular flexibility index (Phi) is 3.15. The molecule has 0 radical (unpaired) electrons. The van der Waals surface area contributed by atoms with Crippen LogP contribution in [0.4, 0.5) is 0 Å². The topological polar surface area (TPSA) is 31.7 Å². The van der Waals surface area contributed by atoms with Gasteiger partial charge in [-0.1, -0.05) is 6.07 Å². The van der Waals surface area contributed by atoms with Gasteiger partial charge in [0, 0.05) is 23.8 Å². The molecule has 0 saturated heterocycles. The third kappa shape index (κ3) is 2.23. The summed E-state index contributed by atoms with van der Waals surface area (Å²) < 4.78 is 1.22. The van der Waals surface area contributed by atoms with Crippen LogP contribution in [-0.2, 0) is 0 Å². The molecular weight excluding hydrogens is 316 g/mol. The number of thiazole rings is 1. The number of allylic oxidation sites excluding steroid dienone is 2. The number of hydrogen-bond acceptors (Lipinski definition) is 5. The first-order valence-corrected chi connectivity index (χ1v) is 9.46. The van der Waals surface area contributed by atoms with Crippen LogP contribution in [0.2, 0.25) is 0 Å². The summed E-state index contributed by atoms with van der Waals surface area (Å²) in [6.45, 7) is 5.49. The number of aliphatic imine (C=N–C) groups is 1. The van der Waals surface area contributed by atoms with Gasteiger partial charge in [0.25, 0.3) is 0 Å². The average Bonchev–Trinajstić information content (AvgIpc) is 3.17.